The van der Waals surface area contributed by atoms with Gasteiger partial charge in [0, 0.05) is 12.0 Å². The van der Waals surface area contributed by atoms with Crippen molar-refractivity contribution < 1.29 is 8.42 Å². The van der Waals surface area contributed by atoms with Gasteiger partial charge in [0.05, 0.1) is 11.5 Å². The van der Waals surface area contributed by atoms with E-state index in [1.165, 1.54) is 36.8 Å². The van der Waals surface area contributed by atoms with E-state index >= 15 is 0 Å². The summed E-state index contributed by atoms with van der Waals surface area (Å²) in [6, 6.07) is 8.60. The van der Waals surface area contributed by atoms with Crippen molar-refractivity contribution in [3.8, 4) is 0 Å². The van der Waals surface area contributed by atoms with Crippen LogP contribution in [0.1, 0.15) is 49.1 Å². The lowest BCUT2D eigenvalue weighted by Crippen LogP contribution is -2.31. The Hall–Kier alpha value is -0.870. The summed E-state index contributed by atoms with van der Waals surface area (Å²) >= 11 is 0. The minimum absolute atomic E-state index is 0.167. The summed E-state index contributed by atoms with van der Waals surface area (Å²) in [5.41, 5.74) is 8.69. The number of hydrogen-bond acceptors (Lipinski definition) is 3. The summed E-state index contributed by atoms with van der Waals surface area (Å²) < 4.78 is 23.1. The van der Waals surface area contributed by atoms with Gasteiger partial charge in [-0.1, -0.05) is 37.1 Å². The van der Waals surface area contributed by atoms with Crippen molar-refractivity contribution in [2.24, 2.45) is 5.73 Å². The lowest BCUT2D eigenvalue weighted by Gasteiger charge is -2.28. The Morgan fingerprint density at radius 3 is 2.30 bits per heavy atom. The molecule has 110 valence electrons. The zero-order valence-electron chi connectivity index (χ0n) is 11.8. The van der Waals surface area contributed by atoms with Crippen molar-refractivity contribution in [3.63, 3.8) is 0 Å². The zero-order valence-corrected chi connectivity index (χ0v) is 12.7. The molecule has 1 heterocycles. The first-order valence-corrected chi connectivity index (χ1v) is 9.38. The van der Waals surface area contributed by atoms with Crippen molar-refractivity contribution in [2.75, 3.05) is 18.1 Å². The van der Waals surface area contributed by atoms with Crippen molar-refractivity contribution in [1.82, 2.24) is 0 Å². The highest BCUT2D eigenvalue weighted by Crippen LogP contribution is 2.40. The lowest BCUT2D eigenvalue weighted by atomic mass is 9.78. The Kier molecular flexibility index (Phi) is 3.63. The molecule has 0 amide bonds. The van der Waals surface area contributed by atoms with Crippen LogP contribution < -0.4 is 5.73 Å². The molecule has 1 aliphatic carbocycles. The van der Waals surface area contributed by atoms with Gasteiger partial charge < -0.3 is 5.73 Å². The van der Waals surface area contributed by atoms with Crippen LogP contribution in [0.3, 0.4) is 0 Å². The van der Waals surface area contributed by atoms with Gasteiger partial charge in [0.1, 0.15) is 0 Å². The summed E-state index contributed by atoms with van der Waals surface area (Å²) in [5, 5.41) is 0. The molecule has 1 saturated carbocycles. The molecule has 0 aromatic heterocycles. The minimum atomic E-state index is -2.81. The zero-order chi connectivity index (χ0) is 14.2. The van der Waals surface area contributed by atoms with E-state index < -0.39 is 9.84 Å². The van der Waals surface area contributed by atoms with Crippen LogP contribution in [0.25, 0.3) is 0 Å². The molecule has 4 heteroatoms. The molecule has 1 aliphatic heterocycles. The second-order valence-corrected chi connectivity index (χ2v) is 8.64. The molecule has 1 aromatic carbocycles. The van der Waals surface area contributed by atoms with Gasteiger partial charge in [-0.3, -0.25) is 0 Å². The van der Waals surface area contributed by atoms with E-state index in [0.29, 0.717) is 18.1 Å². The lowest BCUT2D eigenvalue weighted by molar-refractivity contribution is 0.453. The van der Waals surface area contributed by atoms with Crippen molar-refractivity contribution in [1.29, 1.82) is 0 Å². The molecule has 0 bridgehead atoms. The second-order valence-electron chi connectivity index (χ2n) is 6.41. The first-order valence-electron chi connectivity index (χ1n) is 7.56. The quantitative estimate of drug-likeness (QED) is 0.930. The van der Waals surface area contributed by atoms with Crippen LogP contribution in [0, 0.1) is 0 Å². The van der Waals surface area contributed by atoms with Crippen LogP contribution in [0.4, 0.5) is 0 Å². The molecule has 1 aromatic rings. The molecular weight excluding hydrogens is 270 g/mol. The Morgan fingerprint density at radius 2 is 1.80 bits per heavy atom. The molecule has 1 atom stereocenters. The fourth-order valence-corrected chi connectivity index (χ4v) is 5.61. The average molecular weight is 293 g/mol. The molecule has 3 nitrogen and oxygen atoms in total. The third-order valence-electron chi connectivity index (χ3n) is 5.18. The highest BCUT2D eigenvalue weighted by Gasteiger charge is 2.34. The van der Waals surface area contributed by atoms with E-state index in [9.17, 15) is 8.42 Å². The third-order valence-corrected chi connectivity index (χ3v) is 6.95. The number of benzene rings is 1. The normalized spacial score (nSPS) is 27.8. The van der Waals surface area contributed by atoms with Gasteiger partial charge in [-0.05, 0) is 36.3 Å². The summed E-state index contributed by atoms with van der Waals surface area (Å²) in [7, 11) is -2.81. The number of sulfone groups is 1. The van der Waals surface area contributed by atoms with Gasteiger partial charge in [-0.15, -0.1) is 0 Å². The monoisotopic (exact) mass is 293 g/mol. The Bertz CT molecular complexity index is 571. The van der Waals surface area contributed by atoms with Crippen molar-refractivity contribution in [3.05, 3.63) is 35.4 Å². The SMILES string of the molecule is NCC1(c2ccc(C3CCS(=O)(=O)C3)cc2)CCCC1. The van der Waals surface area contributed by atoms with E-state index in [-0.39, 0.29) is 11.3 Å². The van der Waals surface area contributed by atoms with Crippen LogP contribution >= 0.6 is 0 Å². The molecule has 20 heavy (non-hydrogen) atoms. The van der Waals surface area contributed by atoms with Crippen LogP contribution in [0.5, 0.6) is 0 Å². The highest BCUT2D eigenvalue weighted by molar-refractivity contribution is 7.91. The second kappa shape index (κ2) is 5.15. The predicted octanol–water partition coefficient (Wildman–Crippen LogP) is 2.36. The third kappa shape index (κ3) is 2.51. The van der Waals surface area contributed by atoms with Crippen LogP contribution in [-0.4, -0.2) is 26.5 Å². The molecule has 1 unspecified atom stereocenters. The Balaban J connectivity index is 1.81. The highest BCUT2D eigenvalue weighted by atomic mass is 32.2. The fourth-order valence-electron chi connectivity index (χ4n) is 3.83. The average Bonchev–Trinajstić information content (AvgIpc) is 3.06. The summed E-state index contributed by atoms with van der Waals surface area (Å²) in [6.07, 6.45) is 5.66. The first-order chi connectivity index (χ1) is 9.55. The molecule has 0 spiro atoms. The Labute approximate surface area is 121 Å². The number of hydrogen-bond donors (Lipinski definition) is 1. The molecule has 2 fully saturated rings. The van der Waals surface area contributed by atoms with Crippen LogP contribution in [0.2, 0.25) is 0 Å². The number of rotatable bonds is 3. The molecule has 2 N–H and O–H groups in total. The maximum Gasteiger partial charge on any atom is 0.150 e. The number of nitrogens with two attached hydrogens (primary N) is 1. The smallest absolute Gasteiger partial charge is 0.150 e. The van der Waals surface area contributed by atoms with Gasteiger partial charge in [0.25, 0.3) is 0 Å². The topological polar surface area (TPSA) is 60.2 Å². The predicted molar refractivity (Wildman–Crippen MR) is 81.7 cm³/mol. The molecule has 0 radical (unpaired) electrons. The van der Waals surface area contributed by atoms with Crippen LogP contribution in [-0.2, 0) is 15.3 Å². The fraction of sp³-hybridized carbons (Fsp3) is 0.625. The maximum absolute atomic E-state index is 11.6. The van der Waals surface area contributed by atoms with Gasteiger partial charge in [0.15, 0.2) is 9.84 Å². The van der Waals surface area contributed by atoms with Gasteiger partial charge in [-0.25, -0.2) is 8.42 Å². The summed E-state index contributed by atoms with van der Waals surface area (Å²) in [5.74, 6) is 0.840. The van der Waals surface area contributed by atoms with Gasteiger partial charge in [0.2, 0.25) is 0 Å². The molecule has 2 aliphatic rings. The summed E-state index contributed by atoms with van der Waals surface area (Å²) in [4.78, 5) is 0. The first kappa shape index (κ1) is 14.1. The van der Waals surface area contributed by atoms with Gasteiger partial charge in [-0.2, -0.15) is 0 Å². The maximum atomic E-state index is 11.6. The van der Waals surface area contributed by atoms with E-state index in [0.717, 1.165) is 6.42 Å². The summed E-state index contributed by atoms with van der Waals surface area (Å²) in [6.45, 7) is 0.712. The van der Waals surface area contributed by atoms with E-state index in [1.54, 1.807) is 0 Å². The van der Waals surface area contributed by atoms with Crippen molar-refractivity contribution >= 4 is 9.84 Å². The minimum Gasteiger partial charge on any atom is -0.330 e. The van der Waals surface area contributed by atoms with Crippen LogP contribution in [0.15, 0.2) is 24.3 Å². The largest absolute Gasteiger partial charge is 0.330 e. The Morgan fingerprint density at radius 1 is 1.15 bits per heavy atom. The van der Waals surface area contributed by atoms with E-state index in [1.807, 2.05) is 0 Å². The van der Waals surface area contributed by atoms with E-state index in [2.05, 4.69) is 24.3 Å². The molecule has 1 saturated heterocycles. The van der Waals surface area contributed by atoms with Gasteiger partial charge >= 0.3 is 0 Å². The standard InChI is InChI=1S/C16H23NO2S/c17-12-16(8-1-2-9-16)15-5-3-13(4-6-15)14-7-10-20(18,19)11-14/h3-6,14H,1-2,7-12,17H2. The molecule has 3 rings (SSSR count). The van der Waals surface area contributed by atoms with Crippen molar-refractivity contribution in [2.45, 2.75) is 43.4 Å². The molecular formula is C16H23NO2S. The van der Waals surface area contributed by atoms with E-state index in [4.69, 9.17) is 5.73 Å².